The molecule has 9 heteroatoms. The van der Waals surface area contributed by atoms with Crippen molar-refractivity contribution in [2.75, 3.05) is 11.9 Å². The van der Waals surface area contributed by atoms with Crippen LogP contribution in [0.4, 0.5) is 11.5 Å². The van der Waals surface area contributed by atoms with Gasteiger partial charge < -0.3 is 16.2 Å². The smallest absolute Gasteiger partial charge is 0.339 e. The highest BCUT2D eigenvalue weighted by Gasteiger charge is 2.17. The summed E-state index contributed by atoms with van der Waals surface area (Å²) in [6.45, 7) is 0.387. The molecule has 1 amide bonds. The Morgan fingerprint density at radius 2 is 2.15 bits per heavy atom. The van der Waals surface area contributed by atoms with Gasteiger partial charge in [-0.3, -0.25) is 14.9 Å². The highest BCUT2D eigenvalue weighted by atomic mass is 16.6. The molecule has 0 spiro atoms. The van der Waals surface area contributed by atoms with Gasteiger partial charge in [-0.2, -0.15) is 0 Å². The highest BCUT2D eigenvalue weighted by molar-refractivity contribution is 5.93. The van der Waals surface area contributed by atoms with Gasteiger partial charge in [-0.05, 0) is 12.8 Å². The Morgan fingerprint density at radius 3 is 2.70 bits per heavy atom. The van der Waals surface area contributed by atoms with Gasteiger partial charge in [-0.1, -0.05) is 0 Å². The van der Waals surface area contributed by atoms with Gasteiger partial charge in [0.2, 0.25) is 5.91 Å². The fourth-order valence-corrected chi connectivity index (χ4v) is 1.49. The summed E-state index contributed by atoms with van der Waals surface area (Å²) in [6.07, 6.45) is 2.40. The summed E-state index contributed by atoms with van der Waals surface area (Å²) < 4.78 is 0. The predicted octanol–water partition coefficient (Wildman–Crippen LogP) is 0.755. The van der Waals surface area contributed by atoms with Crippen molar-refractivity contribution in [1.29, 1.82) is 0 Å². The first-order valence-corrected chi connectivity index (χ1v) is 5.81. The fraction of sp³-hybridized carbons (Fsp3) is 0.364. The lowest BCUT2D eigenvalue weighted by atomic mass is 10.2. The first kappa shape index (κ1) is 15.3. The molecule has 0 saturated carbocycles. The Hall–Kier alpha value is -2.71. The number of nitrogens with two attached hydrogens (primary N) is 1. The maximum absolute atomic E-state index is 11.0. The number of hydrogen-bond donors (Lipinski definition) is 3. The first-order chi connectivity index (χ1) is 9.41. The molecule has 0 aliphatic carbocycles. The summed E-state index contributed by atoms with van der Waals surface area (Å²) in [7, 11) is 0. The van der Waals surface area contributed by atoms with Crippen LogP contribution in [0.5, 0.6) is 0 Å². The van der Waals surface area contributed by atoms with Gasteiger partial charge in [0.1, 0.15) is 17.6 Å². The van der Waals surface area contributed by atoms with Crippen LogP contribution in [-0.4, -0.2) is 33.4 Å². The minimum absolute atomic E-state index is 0.0576. The molecule has 0 saturated heterocycles. The van der Waals surface area contributed by atoms with Crippen molar-refractivity contribution in [3.8, 4) is 0 Å². The molecule has 1 heterocycles. The maximum Gasteiger partial charge on any atom is 0.339 e. The van der Waals surface area contributed by atoms with E-state index in [2.05, 4.69) is 10.3 Å². The first-order valence-electron chi connectivity index (χ1n) is 5.81. The molecule has 4 N–H and O–H groups in total. The Balaban J connectivity index is 2.67. The second-order valence-corrected chi connectivity index (χ2v) is 4.00. The largest absolute Gasteiger partial charge is 0.478 e. The van der Waals surface area contributed by atoms with Gasteiger partial charge in [-0.15, -0.1) is 0 Å². The lowest BCUT2D eigenvalue weighted by molar-refractivity contribution is -0.385. The van der Waals surface area contributed by atoms with Crippen molar-refractivity contribution >= 4 is 23.4 Å². The Morgan fingerprint density at radius 1 is 1.45 bits per heavy atom. The van der Waals surface area contributed by atoms with E-state index in [1.165, 1.54) is 0 Å². The molecular weight excluding hydrogens is 268 g/mol. The number of amides is 1. The number of nitro groups is 1. The van der Waals surface area contributed by atoms with Gasteiger partial charge in [0.25, 0.3) is 5.69 Å². The number of unbranched alkanes of at least 4 members (excludes halogenated alkanes) is 1. The molecule has 0 bridgehead atoms. The van der Waals surface area contributed by atoms with E-state index in [-0.39, 0.29) is 23.5 Å². The summed E-state index contributed by atoms with van der Waals surface area (Å²) in [5, 5.41) is 22.3. The third kappa shape index (κ3) is 4.52. The van der Waals surface area contributed by atoms with Gasteiger partial charge in [0.15, 0.2) is 0 Å². The summed E-state index contributed by atoms with van der Waals surface area (Å²) in [5.41, 5.74) is 4.32. The molecule has 20 heavy (non-hydrogen) atoms. The average Bonchev–Trinajstić information content (AvgIpc) is 2.37. The van der Waals surface area contributed by atoms with Crippen LogP contribution < -0.4 is 11.1 Å². The van der Waals surface area contributed by atoms with E-state index in [1.54, 1.807) is 0 Å². The molecular formula is C11H14N4O5. The number of carbonyl (C=O) groups is 2. The second-order valence-electron chi connectivity index (χ2n) is 4.00. The molecule has 0 unspecified atom stereocenters. The summed E-state index contributed by atoms with van der Waals surface area (Å²) in [6, 6.07) is 0.946. The number of carboxylic acid groups (broad SMARTS) is 1. The molecule has 0 aliphatic rings. The number of primary amides is 1. The topological polar surface area (TPSA) is 148 Å². The Bertz CT molecular complexity index is 532. The van der Waals surface area contributed by atoms with Crippen molar-refractivity contribution < 1.29 is 19.6 Å². The van der Waals surface area contributed by atoms with Gasteiger partial charge in [0.05, 0.1) is 4.92 Å². The Labute approximate surface area is 114 Å². The zero-order chi connectivity index (χ0) is 15.1. The standard InChI is InChI=1S/C11H14N4O5/c12-9(16)3-1-2-4-13-10-8(11(17)18)5-7(6-14-10)15(19)20/h5-6H,1-4H2,(H2,12,16)(H,13,14)(H,17,18). The monoisotopic (exact) mass is 282 g/mol. The number of carbonyl (C=O) groups excluding carboxylic acids is 1. The number of pyridine rings is 1. The number of aromatic nitrogens is 1. The average molecular weight is 282 g/mol. The van der Waals surface area contributed by atoms with E-state index in [1.807, 2.05) is 0 Å². The van der Waals surface area contributed by atoms with Crippen molar-refractivity contribution in [1.82, 2.24) is 4.98 Å². The molecule has 0 radical (unpaired) electrons. The third-order valence-corrected chi connectivity index (χ3v) is 2.46. The molecule has 1 aromatic heterocycles. The van der Waals surface area contributed by atoms with E-state index in [4.69, 9.17) is 10.8 Å². The number of nitrogens with one attached hydrogen (secondary N) is 1. The van der Waals surface area contributed by atoms with E-state index < -0.39 is 16.8 Å². The van der Waals surface area contributed by atoms with Crippen LogP contribution in [0.2, 0.25) is 0 Å². The van der Waals surface area contributed by atoms with E-state index in [0.29, 0.717) is 19.4 Å². The molecule has 9 nitrogen and oxygen atoms in total. The van der Waals surface area contributed by atoms with Gasteiger partial charge in [0, 0.05) is 19.0 Å². The molecule has 1 rings (SSSR count). The van der Waals surface area contributed by atoms with E-state index >= 15 is 0 Å². The van der Waals surface area contributed by atoms with Crippen LogP contribution >= 0.6 is 0 Å². The number of nitrogens with zero attached hydrogens (tertiary/aromatic N) is 2. The van der Waals surface area contributed by atoms with Crippen molar-refractivity contribution in [3.63, 3.8) is 0 Å². The molecule has 0 atom stereocenters. The quantitative estimate of drug-likeness (QED) is 0.362. The van der Waals surface area contributed by atoms with Gasteiger partial charge in [-0.25, -0.2) is 9.78 Å². The maximum atomic E-state index is 11.0. The van der Waals surface area contributed by atoms with E-state index in [9.17, 15) is 19.7 Å². The lowest BCUT2D eigenvalue weighted by Gasteiger charge is -2.07. The second kappa shape index (κ2) is 7.02. The normalized spacial score (nSPS) is 10.0. The molecule has 0 aliphatic heterocycles. The molecule has 108 valence electrons. The Kier molecular flexibility index (Phi) is 5.39. The number of aromatic carboxylic acids is 1. The fourth-order valence-electron chi connectivity index (χ4n) is 1.49. The summed E-state index contributed by atoms with van der Waals surface area (Å²) >= 11 is 0. The number of carboxylic acids is 1. The SMILES string of the molecule is NC(=O)CCCCNc1ncc([N+](=O)[O-])cc1C(=O)O. The molecule has 1 aromatic rings. The third-order valence-electron chi connectivity index (χ3n) is 2.46. The summed E-state index contributed by atoms with van der Waals surface area (Å²) in [5.74, 6) is -1.65. The van der Waals surface area contributed by atoms with Crippen molar-refractivity contribution in [2.24, 2.45) is 5.73 Å². The molecule has 0 aromatic carbocycles. The number of hydrogen-bond acceptors (Lipinski definition) is 6. The zero-order valence-corrected chi connectivity index (χ0v) is 10.5. The number of rotatable bonds is 8. The molecule has 0 fully saturated rings. The minimum atomic E-state index is -1.30. The lowest BCUT2D eigenvalue weighted by Crippen LogP contribution is -2.12. The van der Waals surface area contributed by atoms with Crippen LogP contribution in [0, 0.1) is 10.1 Å². The van der Waals surface area contributed by atoms with Crippen molar-refractivity contribution in [2.45, 2.75) is 19.3 Å². The minimum Gasteiger partial charge on any atom is -0.478 e. The highest BCUT2D eigenvalue weighted by Crippen LogP contribution is 2.19. The van der Waals surface area contributed by atoms with Gasteiger partial charge >= 0.3 is 5.97 Å². The van der Waals surface area contributed by atoms with Crippen LogP contribution in [0.25, 0.3) is 0 Å². The van der Waals surface area contributed by atoms with Crippen LogP contribution in [0.3, 0.4) is 0 Å². The van der Waals surface area contributed by atoms with E-state index in [0.717, 1.165) is 12.3 Å². The van der Waals surface area contributed by atoms with Crippen LogP contribution in [0.15, 0.2) is 12.3 Å². The van der Waals surface area contributed by atoms with Crippen LogP contribution in [-0.2, 0) is 4.79 Å². The predicted molar refractivity (Wildman–Crippen MR) is 69.4 cm³/mol. The zero-order valence-electron chi connectivity index (χ0n) is 10.5. The van der Waals surface area contributed by atoms with Crippen LogP contribution in [0.1, 0.15) is 29.6 Å². The summed E-state index contributed by atoms with van der Waals surface area (Å²) in [4.78, 5) is 35.1. The number of anilines is 1. The van der Waals surface area contributed by atoms with Crippen molar-refractivity contribution in [3.05, 3.63) is 27.9 Å².